The topological polar surface area (TPSA) is 33.0 Å². The highest BCUT2D eigenvalue weighted by Gasteiger charge is 2.30. The lowest BCUT2D eigenvalue weighted by Gasteiger charge is -2.34. The van der Waals surface area contributed by atoms with Gasteiger partial charge in [-0.3, -0.25) is 0 Å². The van der Waals surface area contributed by atoms with E-state index in [0.29, 0.717) is 11.4 Å². The van der Waals surface area contributed by atoms with Crippen LogP contribution in [-0.2, 0) is 4.43 Å². The Morgan fingerprint density at radius 2 is 1.93 bits per heavy atom. The molecule has 0 radical (unpaired) electrons. The molecule has 2 unspecified atom stereocenters. The third-order valence-electron chi connectivity index (χ3n) is 2.35. The zero-order chi connectivity index (χ0) is 10.6. The van der Waals surface area contributed by atoms with E-state index in [0.717, 1.165) is 12.8 Å². The van der Waals surface area contributed by atoms with Crippen molar-refractivity contribution in [3.8, 4) is 5.40 Å². The van der Waals surface area contributed by atoms with Gasteiger partial charge in [0, 0.05) is 5.25 Å². The van der Waals surface area contributed by atoms with Crippen LogP contribution in [0.15, 0.2) is 0 Å². The van der Waals surface area contributed by atoms with Gasteiger partial charge < -0.3 is 4.43 Å². The monoisotopic (exact) mass is 229 g/mol. The third-order valence-corrected chi connectivity index (χ3v) is 4.31. The average Bonchev–Trinajstić information content (AvgIpc) is 2.06. The van der Waals surface area contributed by atoms with E-state index in [1.807, 2.05) is 0 Å². The highest BCUT2D eigenvalue weighted by molar-refractivity contribution is 8.04. The summed E-state index contributed by atoms with van der Waals surface area (Å²) in [5.41, 5.74) is 0. The van der Waals surface area contributed by atoms with Gasteiger partial charge in [0.05, 0.1) is 6.10 Å². The first-order valence-electron chi connectivity index (χ1n) is 5.25. The third kappa shape index (κ3) is 4.03. The first-order valence-corrected chi connectivity index (χ1v) is 9.54. The molecule has 0 bridgehead atoms. The van der Waals surface area contributed by atoms with E-state index in [1.165, 1.54) is 24.6 Å². The maximum Gasteiger partial charge on any atom is 0.184 e. The zero-order valence-electron chi connectivity index (χ0n) is 9.25. The molecular formula is C10H19NOSSi. The van der Waals surface area contributed by atoms with Gasteiger partial charge in [-0.1, -0.05) is 12.8 Å². The molecule has 0 aromatic heterocycles. The molecule has 0 aliphatic heterocycles. The van der Waals surface area contributed by atoms with Gasteiger partial charge in [-0.25, -0.2) is 0 Å². The van der Waals surface area contributed by atoms with Gasteiger partial charge in [-0.2, -0.15) is 5.26 Å². The number of nitriles is 1. The molecule has 0 N–H and O–H groups in total. The highest BCUT2D eigenvalue weighted by atomic mass is 32.2. The number of thioether (sulfide) groups is 1. The van der Waals surface area contributed by atoms with E-state index in [-0.39, 0.29) is 0 Å². The number of thiocyanates is 1. The molecule has 80 valence electrons. The summed E-state index contributed by atoms with van der Waals surface area (Å²) in [5.74, 6) is 0. The molecule has 0 heterocycles. The van der Waals surface area contributed by atoms with Crippen molar-refractivity contribution in [3.05, 3.63) is 0 Å². The van der Waals surface area contributed by atoms with E-state index in [2.05, 4.69) is 25.0 Å². The van der Waals surface area contributed by atoms with Gasteiger partial charge in [0.15, 0.2) is 8.32 Å². The van der Waals surface area contributed by atoms with E-state index in [4.69, 9.17) is 9.69 Å². The Hall–Kier alpha value is 0.0169. The smallest absolute Gasteiger partial charge is 0.184 e. The molecule has 4 heteroatoms. The largest absolute Gasteiger partial charge is 0.414 e. The van der Waals surface area contributed by atoms with Crippen LogP contribution >= 0.6 is 11.8 Å². The van der Waals surface area contributed by atoms with Crippen LogP contribution in [0.25, 0.3) is 0 Å². The second kappa shape index (κ2) is 5.20. The second-order valence-corrected chi connectivity index (χ2v) is 10.3. The summed E-state index contributed by atoms with van der Waals surface area (Å²) < 4.78 is 6.11. The highest BCUT2D eigenvalue weighted by Crippen LogP contribution is 2.31. The lowest BCUT2D eigenvalue weighted by molar-refractivity contribution is 0.155. The van der Waals surface area contributed by atoms with E-state index < -0.39 is 8.32 Å². The normalized spacial score (nSPS) is 28.4. The maximum atomic E-state index is 8.70. The van der Waals surface area contributed by atoms with Crippen molar-refractivity contribution in [1.29, 1.82) is 5.26 Å². The zero-order valence-corrected chi connectivity index (χ0v) is 11.1. The number of hydrogen-bond donors (Lipinski definition) is 0. The van der Waals surface area contributed by atoms with Crippen LogP contribution in [0, 0.1) is 10.7 Å². The molecule has 0 aromatic carbocycles. The lowest BCUT2D eigenvalue weighted by Crippen LogP contribution is -2.39. The summed E-state index contributed by atoms with van der Waals surface area (Å²) in [6, 6.07) is 0. The Morgan fingerprint density at radius 3 is 2.50 bits per heavy atom. The molecule has 0 saturated heterocycles. The van der Waals surface area contributed by atoms with Crippen molar-refractivity contribution in [1.82, 2.24) is 0 Å². The Balaban J connectivity index is 2.50. The molecular weight excluding hydrogens is 210 g/mol. The van der Waals surface area contributed by atoms with Gasteiger partial charge in [-0.15, -0.1) is 0 Å². The molecule has 2 nitrogen and oxygen atoms in total. The standard InChI is InChI=1S/C10H19NOSSi/c1-14(2,3)12-9-6-4-5-7-10(9)13-8-11/h9-10H,4-7H2,1-3H3. The summed E-state index contributed by atoms with van der Waals surface area (Å²) in [4.78, 5) is 0. The molecule has 1 aliphatic carbocycles. The van der Waals surface area contributed by atoms with E-state index in [1.54, 1.807) is 0 Å². The van der Waals surface area contributed by atoms with Crippen LogP contribution < -0.4 is 0 Å². The van der Waals surface area contributed by atoms with Crippen molar-refractivity contribution in [2.24, 2.45) is 0 Å². The molecule has 1 rings (SSSR count). The minimum atomic E-state index is -1.44. The van der Waals surface area contributed by atoms with Crippen molar-refractivity contribution in [2.75, 3.05) is 0 Å². The van der Waals surface area contributed by atoms with Crippen LogP contribution in [0.2, 0.25) is 19.6 Å². The fraction of sp³-hybridized carbons (Fsp3) is 0.900. The number of hydrogen-bond acceptors (Lipinski definition) is 3. The predicted octanol–water partition coefficient (Wildman–Crippen LogP) is 3.36. The molecule has 0 aromatic rings. The summed E-state index contributed by atoms with van der Waals surface area (Å²) in [5, 5.41) is 11.3. The number of rotatable bonds is 3. The van der Waals surface area contributed by atoms with Gasteiger partial charge in [0.2, 0.25) is 0 Å². The minimum absolute atomic E-state index is 0.333. The van der Waals surface area contributed by atoms with Crippen molar-refractivity contribution >= 4 is 20.1 Å². The quantitative estimate of drug-likeness (QED) is 0.549. The first-order chi connectivity index (χ1) is 6.53. The van der Waals surface area contributed by atoms with Crippen LogP contribution in [0.4, 0.5) is 0 Å². The van der Waals surface area contributed by atoms with Gasteiger partial charge in [0.25, 0.3) is 0 Å². The molecule has 0 amide bonds. The van der Waals surface area contributed by atoms with Gasteiger partial charge in [0.1, 0.15) is 5.40 Å². The molecule has 1 saturated carbocycles. The van der Waals surface area contributed by atoms with Crippen molar-refractivity contribution in [2.45, 2.75) is 56.7 Å². The Morgan fingerprint density at radius 1 is 1.29 bits per heavy atom. The lowest BCUT2D eigenvalue weighted by atomic mass is 9.97. The van der Waals surface area contributed by atoms with E-state index >= 15 is 0 Å². The fourth-order valence-corrected chi connectivity index (χ4v) is 3.91. The molecule has 0 spiro atoms. The fourth-order valence-electron chi connectivity index (χ4n) is 1.85. The van der Waals surface area contributed by atoms with Crippen LogP contribution in [0.3, 0.4) is 0 Å². The van der Waals surface area contributed by atoms with Gasteiger partial charge in [-0.05, 0) is 44.2 Å². The Bertz CT molecular complexity index is 221. The molecule has 14 heavy (non-hydrogen) atoms. The van der Waals surface area contributed by atoms with Crippen LogP contribution in [0.1, 0.15) is 25.7 Å². The predicted molar refractivity (Wildman–Crippen MR) is 63.7 cm³/mol. The van der Waals surface area contributed by atoms with Crippen molar-refractivity contribution < 1.29 is 4.43 Å². The number of nitrogens with zero attached hydrogens (tertiary/aromatic N) is 1. The summed E-state index contributed by atoms with van der Waals surface area (Å²) in [7, 11) is -1.44. The second-order valence-electron chi connectivity index (χ2n) is 4.80. The molecule has 1 fully saturated rings. The van der Waals surface area contributed by atoms with Crippen LogP contribution in [0.5, 0.6) is 0 Å². The summed E-state index contributed by atoms with van der Waals surface area (Å²) in [6.07, 6.45) is 5.14. The van der Waals surface area contributed by atoms with Gasteiger partial charge >= 0.3 is 0 Å². The van der Waals surface area contributed by atoms with Crippen LogP contribution in [-0.4, -0.2) is 19.7 Å². The maximum absolute atomic E-state index is 8.70. The molecule has 1 aliphatic rings. The first kappa shape index (κ1) is 12.1. The Labute approximate surface area is 92.2 Å². The van der Waals surface area contributed by atoms with E-state index in [9.17, 15) is 0 Å². The summed E-state index contributed by atoms with van der Waals surface area (Å²) >= 11 is 1.40. The van der Waals surface area contributed by atoms with Crippen molar-refractivity contribution in [3.63, 3.8) is 0 Å². The minimum Gasteiger partial charge on any atom is -0.414 e. The summed E-state index contributed by atoms with van der Waals surface area (Å²) in [6.45, 7) is 6.65. The average molecular weight is 229 g/mol. The SMILES string of the molecule is C[Si](C)(C)OC1CCCCC1SC#N. The Kier molecular flexibility index (Phi) is 4.49. The molecule has 2 atom stereocenters.